The van der Waals surface area contributed by atoms with Crippen LogP contribution < -0.4 is 10.2 Å². The number of carbonyl (C=O) groups is 1. The number of nitrogens with zero attached hydrogens (tertiary/aromatic N) is 2. The number of hydrogen-bond acceptors (Lipinski definition) is 5. The van der Waals surface area contributed by atoms with Gasteiger partial charge < -0.3 is 4.74 Å². The summed E-state index contributed by atoms with van der Waals surface area (Å²) in [5.41, 5.74) is 3.76. The zero-order valence-corrected chi connectivity index (χ0v) is 12.7. The number of ether oxygens (including phenoxy) is 1. The van der Waals surface area contributed by atoms with Crippen molar-refractivity contribution in [1.82, 2.24) is 15.4 Å². The third-order valence-corrected chi connectivity index (χ3v) is 3.39. The van der Waals surface area contributed by atoms with Crippen molar-refractivity contribution in [1.29, 1.82) is 0 Å². The molecule has 0 atom stereocenters. The highest BCUT2D eigenvalue weighted by atomic mass is 16.5. The summed E-state index contributed by atoms with van der Waals surface area (Å²) in [5, 5.41) is 8.80. The lowest BCUT2D eigenvalue weighted by molar-refractivity contribution is 0.0701. The van der Waals surface area contributed by atoms with Crippen LogP contribution in [-0.4, -0.2) is 21.1 Å². The zero-order chi connectivity index (χ0) is 16.8. The number of aromatic nitrogens is 2. The lowest BCUT2D eigenvalue weighted by Gasteiger charge is -2.08. The number of rotatable bonds is 5. The third kappa shape index (κ3) is 3.56. The molecule has 3 aromatic rings. The van der Waals surface area contributed by atoms with Crippen LogP contribution in [0.5, 0.6) is 5.75 Å². The number of para-hydroxylation sites is 1. The van der Waals surface area contributed by atoms with E-state index in [2.05, 4.69) is 9.97 Å². The Morgan fingerprint density at radius 3 is 2.42 bits per heavy atom. The monoisotopic (exact) mass is 321 g/mol. The standard InChI is InChI=1S/C18H15N3O3/c22-18(21-23)17-16(19-10-11-20-17)14-8-6-13(7-9-14)12-24-15-4-2-1-3-5-15/h1-11,23H,12H2,(H,21,22). The van der Waals surface area contributed by atoms with Crippen LogP contribution in [0.15, 0.2) is 67.0 Å². The van der Waals surface area contributed by atoms with Gasteiger partial charge in [0.1, 0.15) is 18.1 Å². The van der Waals surface area contributed by atoms with E-state index in [-0.39, 0.29) is 5.69 Å². The number of nitrogens with one attached hydrogen (secondary N) is 1. The highest BCUT2D eigenvalue weighted by molar-refractivity contribution is 5.97. The van der Waals surface area contributed by atoms with Crippen molar-refractivity contribution in [2.45, 2.75) is 6.61 Å². The first-order chi connectivity index (χ1) is 11.8. The minimum Gasteiger partial charge on any atom is -0.489 e. The van der Waals surface area contributed by atoms with Gasteiger partial charge in [-0.15, -0.1) is 0 Å². The van der Waals surface area contributed by atoms with Gasteiger partial charge in [-0.1, -0.05) is 42.5 Å². The van der Waals surface area contributed by atoms with Crippen LogP contribution in [0, 0.1) is 0 Å². The SMILES string of the molecule is O=C(NO)c1nccnc1-c1ccc(COc2ccccc2)cc1. The van der Waals surface area contributed by atoms with Gasteiger partial charge in [0.25, 0.3) is 5.91 Å². The molecule has 2 aromatic carbocycles. The number of hydroxylamine groups is 1. The Bertz CT molecular complexity index is 820. The molecule has 0 unspecified atom stereocenters. The van der Waals surface area contributed by atoms with Crippen LogP contribution >= 0.6 is 0 Å². The van der Waals surface area contributed by atoms with Crippen molar-refractivity contribution in [3.05, 3.63) is 78.2 Å². The number of amides is 1. The quantitative estimate of drug-likeness (QED) is 0.557. The summed E-state index contributed by atoms with van der Waals surface area (Å²) in [6, 6.07) is 17.0. The zero-order valence-electron chi connectivity index (χ0n) is 12.7. The summed E-state index contributed by atoms with van der Waals surface area (Å²) in [6.45, 7) is 0.439. The molecule has 1 amide bonds. The first kappa shape index (κ1) is 15.6. The van der Waals surface area contributed by atoms with Crippen molar-refractivity contribution in [2.75, 3.05) is 0 Å². The van der Waals surface area contributed by atoms with Gasteiger partial charge in [-0.2, -0.15) is 0 Å². The van der Waals surface area contributed by atoms with Crippen LogP contribution in [-0.2, 0) is 6.61 Å². The topological polar surface area (TPSA) is 84.3 Å². The van der Waals surface area contributed by atoms with E-state index in [9.17, 15) is 4.79 Å². The second-order valence-electron chi connectivity index (χ2n) is 4.99. The van der Waals surface area contributed by atoms with Gasteiger partial charge in [0.05, 0.1) is 0 Å². The first-order valence-electron chi connectivity index (χ1n) is 7.30. The smallest absolute Gasteiger partial charge is 0.295 e. The van der Waals surface area contributed by atoms with E-state index in [0.29, 0.717) is 12.3 Å². The highest BCUT2D eigenvalue weighted by Crippen LogP contribution is 2.21. The second kappa shape index (κ2) is 7.34. The molecule has 1 heterocycles. The Labute approximate surface area is 138 Å². The third-order valence-electron chi connectivity index (χ3n) is 3.39. The van der Waals surface area contributed by atoms with Crippen molar-refractivity contribution >= 4 is 5.91 Å². The maximum Gasteiger partial charge on any atom is 0.295 e. The fraction of sp³-hybridized carbons (Fsp3) is 0.0556. The predicted molar refractivity (Wildman–Crippen MR) is 87.5 cm³/mol. The van der Waals surface area contributed by atoms with E-state index in [0.717, 1.165) is 16.9 Å². The average Bonchev–Trinajstić information content (AvgIpc) is 2.67. The Morgan fingerprint density at radius 2 is 1.71 bits per heavy atom. The molecule has 3 rings (SSSR count). The fourth-order valence-corrected chi connectivity index (χ4v) is 2.21. The predicted octanol–water partition coefficient (Wildman–Crippen LogP) is 2.84. The van der Waals surface area contributed by atoms with E-state index < -0.39 is 5.91 Å². The molecule has 0 bridgehead atoms. The Hall–Kier alpha value is -3.25. The maximum atomic E-state index is 11.7. The second-order valence-corrected chi connectivity index (χ2v) is 4.99. The van der Waals surface area contributed by atoms with E-state index in [1.54, 1.807) is 5.48 Å². The van der Waals surface area contributed by atoms with Crippen LogP contribution in [0.3, 0.4) is 0 Å². The Morgan fingerprint density at radius 1 is 1.00 bits per heavy atom. The van der Waals surface area contributed by atoms with E-state index in [1.807, 2.05) is 54.6 Å². The van der Waals surface area contributed by atoms with E-state index >= 15 is 0 Å². The Kier molecular flexibility index (Phi) is 4.78. The van der Waals surface area contributed by atoms with Gasteiger partial charge >= 0.3 is 0 Å². The summed E-state index contributed by atoms with van der Waals surface area (Å²) < 4.78 is 5.69. The van der Waals surface area contributed by atoms with E-state index in [4.69, 9.17) is 9.94 Å². The van der Waals surface area contributed by atoms with Crippen molar-refractivity contribution < 1.29 is 14.7 Å². The molecule has 0 saturated heterocycles. The number of hydrogen-bond donors (Lipinski definition) is 2. The lowest BCUT2D eigenvalue weighted by Crippen LogP contribution is -2.21. The molecule has 6 nitrogen and oxygen atoms in total. The minimum atomic E-state index is -0.699. The lowest BCUT2D eigenvalue weighted by atomic mass is 10.1. The summed E-state index contributed by atoms with van der Waals surface area (Å²) in [5.74, 6) is 0.104. The molecular weight excluding hydrogens is 306 g/mol. The van der Waals surface area contributed by atoms with Gasteiger partial charge in [-0.25, -0.2) is 10.5 Å². The van der Waals surface area contributed by atoms with Crippen LogP contribution in [0.4, 0.5) is 0 Å². The Balaban J connectivity index is 1.77. The van der Waals surface area contributed by atoms with Crippen molar-refractivity contribution in [3.8, 4) is 17.0 Å². The van der Waals surface area contributed by atoms with Crippen molar-refractivity contribution in [2.24, 2.45) is 0 Å². The first-order valence-corrected chi connectivity index (χ1v) is 7.30. The van der Waals surface area contributed by atoms with Crippen LogP contribution in [0.25, 0.3) is 11.3 Å². The molecule has 0 aliphatic heterocycles. The molecule has 0 aliphatic rings. The van der Waals surface area contributed by atoms with Crippen molar-refractivity contribution in [3.63, 3.8) is 0 Å². The summed E-state index contributed by atoms with van der Waals surface area (Å²) >= 11 is 0. The van der Waals surface area contributed by atoms with Gasteiger partial charge in [-0.3, -0.25) is 15.0 Å². The molecule has 2 N–H and O–H groups in total. The normalized spacial score (nSPS) is 10.2. The average molecular weight is 321 g/mol. The van der Waals surface area contributed by atoms with E-state index in [1.165, 1.54) is 12.4 Å². The molecule has 120 valence electrons. The molecular formula is C18H15N3O3. The molecule has 24 heavy (non-hydrogen) atoms. The molecule has 0 aliphatic carbocycles. The number of carbonyl (C=O) groups excluding carboxylic acids is 1. The molecule has 0 fully saturated rings. The maximum absolute atomic E-state index is 11.7. The van der Waals surface area contributed by atoms with Gasteiger partial charge in [0.2, 0.25) is 0 Å². The largest absolute Gasteiger partial charge is 0.489 e. The fourth-order valence-electron chi connectivity index (χ4n) is 2.21. The molecule has 1 aromatic heterocycles. The molecule has 0 saturated carbocycles. The van der Waals surface area contributed by atoms with Gasteiger partial charge in [0, 0.05) is 18.0 Å². The van der Waals surface area contributed by atoms with Gasteiger partial charge in [-0.05, 0) is 17.7 Å². The molecule has 6 heteroatoms. The van der Waals surface area contributed by atoms with Crippen LogP contribution in [0.1, 0.15) is 16.1 Å². The minimum absolute atomic E-state index is 0.0632. The summed E-state index contributed by atoms with van der Waals surface area (Å²) in [6.07, 6.45) is 2.89. The molecule has 0 spiro atoms. The highest BCUT2D eigenvalue weighted by Gasteiger charge is 2.14. The van der Waals surface area contributed by atoms with Crippen LogP contribution in [0.2, 0.25) is 0 Å². The summed E-state index contributed by atoms with van der Waals surface area (Å²) in [4.78, 5) is 19.8. The summed E-state index contributed by atoms with van der Waals surface area (Å²) in [7, 11) is 0. The molecule has 0 radical (unpaired) electrons. The number of benzene rings is 2. The van der Waals surface area contributed by atoms with Gasteiger partial charge in [0.15, 0.2) is 5.69 Å².